The van der Waals surface area contributed by atoms with E-state index in [0.717, 1.165) is 36.4 Å². The molecule has 0 saturated carbocycles. The van der Waals surface area contributed by atoms with Crippen molar-refractivity contribution in [2.75, 3.05) is 16.6 Å². The Morgan fingerprint density at radius 3 is 2.05 bits per heavy atom. The van der Waals surface area contributed by atoms with E-state index >= 15 is 0 Å². The van der Waals surface area contributed by atoms with Gasteiger partial charge < -0.3 is 27.4 Å². The summed E-state index contributed by atoms with van der Waals surface area (Å²) in [6.45, 7) is 0. The van der Waals surface area contributed by atoms with E-state index in [9.17, 15) is 49.9 Å². The Labute approximate surface area is 431 Å². The summed E-state index contributed by atoms with van der Waals surface area (Å²) in [6.07, 6.45) is 9.86. The van der Waals surface area contributed by atoms with Gasteiger partial charge >= 0.3 is 113 Å². The minimum Gasteiger partial charge on any atom is -0.870 e. The van der Waals surface area contributed by atoms with Gasteiger partial charge in [0, 0.05) is 23.6 Å². The molecule has 0 fully saturated rings. The Kier molecular flexibility index (Phi) is 16.3. The molecular weight excluding hydrogens is 913 g/mol. The third-order valence-corrected chi connectivity index (χ3v) is 11.1. The standard InChI is InChI=1S/C34H27N11O11S3.2K/c35-19-1-14-27(26(36)17-19)41-38-20-2-4-23(5-3-20)44-57(49,50)25-12-8-22(9-13-25)40-43-33-29(59(54,55)56)16-18-15-28(58(51,52)53)32(31(37)30(18)34(33)46)42-39-21-6-10-24(11-7-21)45(47)48;;/h1-17H,(H10-,35,36,37,38,39,40,41,42,43,44,46,51,52,53,54,55,56);;/q;2*+1/p-1. The largest absolute Gasteiger partial charge is 1.00 e. The number of hydrogen-bond donors (Lipinski definition) is 7. The van der Waals surface area contributed by atoms with Gasteiger partial charge in [-0.15, -0.1) is 10.8 Å². The molecule has 0 amide bonds. The van der Waals surface area contributed by atoms with Crippen LogP contribution in [0.2, 0.25) is 0 Å². The van der Waals surface area contributed by atoms with E-state index in [-0.39, 0.29) is 148 Å². The predicted molar refractivity (Wildman–Crippen MR) is 217 cm³/mol. The van der Waals surface area contributed by atoms with Crippen molar-refractivity contribution in [3.63, 3.8) is 0 Å². The zero-order valence-corrected chi connectivity index (χ0v) is 40.1. The van der Waals surface area contributed by atoms with E-state index in [4.69, 9.17) is 16.9 Å². The molecular formula is C34H26K2N11O11S3+. The van der Waals surface area contributed by atoms with Crippen LogP contribution in [0.3, 0.4) is 0 Å². The summed E-state index contributed by atoms with van der Waals surface area (Å²) in [5.41, 5.74) is 17.5. The first-order valence-electron chi connectivity index (χ1n) is 16.1. The van der Waals surface area contributed by atoms with Crippen molar-refractivity contribution in [1.29, 1.82) is 5.41 Å². The first-order valence-corrected chi connectivity index (χ1v) is 20.5. The Bertz CT molecular complexity index is 2980. The van der Waals surface area contributed by atoms with Gasteiger partial charge in [0.05, 0.1) is 55.4 Å². The first-order chi connectivity index (χ1) is 27.7. The Morgan fingerprint density at radius 2 is 1.48 bits per heavy atom. The van der Waals surface area contributed by atoms with Crippen LogP contribution in [0.15, 0.2) is 148 Å². The molecule has 0 aromatic heterocycles. The normalized spacial score (nSPS) is 14.7. The van der Waals surface area contributed by atoms with E-state index < -0.39 is 78.9 Å². The molecule has 0 spiro atoms. The minimum atomic E-state index is -5.11. The summed E-state index contributed by atoms with van der Waals surface area (Å²) in [4.78, 5) is 8.14. The summed E-state index contributed by atoms with van der Waals surface area (Å²) >= 11 is 0. The third-order valence-electron chi connectivity index (χ3n) is 8.04. The van der Waals surface area contributed by atoms with Crippen molar-refractivity contribution in [3.8, 4) is 5.75 Å². The fourth-order valence-electron chi connectivity index (χ4n) is 5.24. The average Bonchev–Trinajstić information content (AvgIpc) is 3.16. The van der Waals surface area contributed by atoms with Crippen molar-refractivity contribution in [2.24, 2.45) is 24.8 Å². The molecule has 6 rings (SSSR count). The molecule has 4 aromatic carbocycles. The Morgan fingerprint density at radius 1 is 0.852 bits per heavy atom. The number of hydrogen-bond acceptors (Lipinski definition) is 16. The topological polar surface area (TPSA) is 372 Å². The number of rotatable bonds is 11. The van der Waals surface area contributed by atoms with Crippen LogP contribution >= 0.6 is 0 Å². The summed E-state index contributed by atoms with van der Waals surface area (Å²) in [7, 11) is -14.4. The van der Waals surface area contributed by atoms with Crippen LogP contribution in [-0.4, -0.2) is 58.3 Å². The molecule has 22 nitrogen and oxygen atoms in total. The zero-order chi connectivity index (χ0) is 42.9. The number of fused-ring (bicyclic) bond motifs is 1. The molecule has 4 aromatic rings. The molecule has 0 aliphatic heterocycles. The van der Waals surface area contributed by atoms with Crippen LogP contribution in [-0.2, 0) is 34.8 Å². The number of nitro groups is 1. The van der Waals surface area contributed by atoms with Crippen molar-refractivity contribution in [1.82, 2.24) is 0 Å². The number of azo groups is 1. The number of benzene rings is 4. The second-order valence-electron chi connectivity index (χ2n) is 12.0. The molecule has 0 atom stereocenters. The summed E-state index contributed by atoms with van der Waals surface area (Å²) < 4.78 is 97.4. The second-order valence-corrected chi connectivity index (χ2v) is 16.5. The van der Waals surface area contributed by atoms with Gasteiger partial charge in [0.2, 0.25) is 0 Å². The number of nitrogen functional groups attached to an aromatic ring is 1. The number of anilines is 3. The van der Waals surface area contributed by atoms with Crippen molar-refractivity contribution >= 4 is 98.4 Å². The monoisotopic (exact) mass is 938 g/mol. The maximum atomic E-state index is 13.8. The van der Waals surface area contributed by atoms with Gasteiger partial charge in [-0.2, -0.15) is 45.7 Å². The van der Waals surface area contributed by atoms with Gasteiger partial charge in [-0.25, -0.2) is 0 Å². The molecule has 302 valence electrons. The number of hydrazine groups is 1. The summed E-state index contributed by atoms with van der Waals surface area (Å²) in [5, 5.41) is 47.0. The number of sulfonamides is 1. The van der Waals surface area contributed by atoms with Gasteiger partial charge in [-0.1, -0.05) is 11.8 Å². The molecule has 0 heterocycles. The van der Waals surface area contributed by atoms with E-state index in [1.807, 2.05) is 0 Å². The van der Waals surface area contributed by atoms with Crippen LogP contribution in [0.1, 0.15) is 0 Å². The molecule has 0 saturated heterocycles. The van der Waals surface area contributed by atoms with Crippen LogP contribution < -0.4 is 124 Å². The van der Waals surface area contributed by atoms with Crippen LogP contribution in [0.5, 0.6) is 5.75 Å². The molecule has 0 bridgehead atoms. The number of nitrogens with one attached hydrogen (secondary N) is 4. The summed E-state index contributed by atoms with van der Waals surface area (Å²) in [5.74, 6) is -1.22. The van der Waals surface area contributed by atoms with Gasteiger partial charge in [-0.3, -0.25) is 20.1 Å². The first kappa shape index (κ1) is 49.6. The Hall–Kier alpha value is -4.02. The average molecular weight is 939 g/mol. The SMILES string of the molecule is N=C1C=CC(=NN=C2C=CC(=NS(=O)(=O)c3ccc(N=Nc4c([S+](=O)(O)O)cc5cc(S(=O)(=O)O)c(NNc6ccc([N+](=O)[O-])cc6)c(N)c5c4[O-])cc3)C=C2)C([NH-])=C1.[K+].[K+]. The third kappa shape index (κ3) is 11.9. The van der Waals surface area contributed by atoms with Crippen LogP contribution in [0.25, 0.3) is 16.5 Å². The number of allylic oxidation sites excluding steroid dienone is 7. The fraction of sp³-hybridized carbons (Fsp3) is 0. The summed E-state index contributed by atoms with van der Waals surface area (Å²) in [6, 6.07) is 10.8. The molecule has 9 N–H and O–H groups in total. The number of nitrogens with two attached hydrogens (primary N) is 1. The maximum absolute atomic E-state index is 13.8. The van der Waals surface area contributed by atoms with Gasteiger partial charge in [0.1, 0.15) is 10.6 Å². The molecule has 0 radical (unpaired) electrons. The van der Waals surface area contributed by atoms with Gasteiger partial charge in [0.25, 0.3) is 30.7 Å². The molecule has 2 aliphatic carbocycles. The smallest absolute Gasteiger partial charge is 0.870 e. The van der Waals surface area contributed by atoms with E-state index in [1.54, 1.807) is 0 Å². The number of nitro benzene ring substituents is 1. The number of nitrogens with zero attached hydrogens (tertiary/aromatic N) is 6. The maximum Gasteiger partial charge on any atom is 1.00 e. The molecule has 61 heavy (non-hydrogen) atoms. The predicted octanol–water partition coefficient (Wildman–Crippen LogP) is -0.104. The van der Waals surface area contributed by atoms with Gasteiger partial charge in [0.15, 0.2) is 0 Å². The van der Waals surface area contributed by atoms with Crippen LogP contribution in [0, 0.1) is 15.5 Å². The molecule has 0 unspecified atom stereocenters. The van der Waals surface area contributed by atoms with Crippen molar-refractivity contribution in [2.45, 2.75) is 14.7 Å². The Balaban J connectivity index is 0.00000410. The zero-order valence-electron chi connectivity index (χ0n) is 31.4. The van der Waals surface area contributed by atoms with E-state index in [1.165, 1.54) is 66.8 Å². The van der Waals surface area contributed by atoms with E-state index in [2.05, 4.69) is 35.7 Å². The minimum absolute atomic E-state index is 0. The van der Waals surface area contributed by atoms with Gasteiger partial charge in [-0.05, 0) is 88.5 Å². The molecule has 27 heteroatoms. The molecule has 2 aliphatic rings. The fourth-order valence-corrected chi connectivity index (χ4v) is 7.58. The van der Waals surface area contributed by atoms with E-state index in [0.29, 0.717) is 5.71 Å². The second kappa shape index (κ2) is 20.0. The number of non-ortho nitro benzene ring substituents is 1. The van der Waals surface area contributed by atoms with Crippen molar-refractivity contribution in [3.05, 3.63) is 125 Å². The van der Waals surface area contributed by atoms with Crippen LogP contribution in [0.4, 0.5) is 34.1 Å². The van der Waals surface area contributed by atoms with Crippen molar-refractivity contribution < 1.29 is 148 Å². The quantitative estimate of drug-likeness (QED) is 0.0151.